The second kappa shape index (κ2) is 6.53. The van der Waals surface area contributed by atoms with Gasteiger partial charge in [-0.15, -0.1) is 0 Å². The van der Waals surface area contributed by atoms with E-state index in [4.69, 9.17) is 37.4 Å². The van der Waals surface area contributed by atoms with E-state index in [-0.39, 0.29) is 0 Å². The summed E-state index contributed by atoms with van der Waals surface area (Å²) < 4.78 is 16.7. The third-order valence-corrected chi connectivity index (χ3v) is 4.30. The first kappa shape index (κ1) is 16.6. The number of halogens is 2. The van der Waals surface area contributed by atoms with Crippen molar-refractivity contribution in [3.63, 3.8) is 0 Å². The van der Waals surface area contributed by atoms with Crippen LogP contribution in [0.15, 0.2) is 18.2 Å². The van der Waals surface area contributed by atoms with E-state index < -0.39 is 24.0 Å². The molecule has 21 heavy (non-hydrogen) atoms. The summed E-state index contributed by atoms with van der Waals surface area (Å²) in [6, 6.07) is 5.07. The maximum atomic E-state index is 12.0. The summed E-state index contributed by atoms with van der Waals surface area (Å²) in [5.74, 6) is -1.28. The van der Waals surface area contributed by atoms with Gasteiger partial charge >= 0.3 is 5.97 Å². The van der Waals surface area contributed by atoms with Crippen molar-refractivity contribution in [2.45, 2.75) is 44.7 Å². The highest BCUT2D eigenvalue weighted by atomic mass is 35.5. The van der Waals surface area contributed by atoms with Gasteiger partial charge in [-0.05, 0) is 25.0 Å². The van der Waals surface area contributed by atoms with E-state index in [1.165, 1.54) is 7.11 Å². The fourth-order valence-electron chi connectivity index (χ4n) is 2.44. The summed E-state index contributed by atoms with van der Waals surface area (Å²) in [6.07, 6.45) is -0.201. The zero-order chi connectivity index (χ0) is 15.6. The standard InChI is InChI=1S/C15H18Cl2O4/c1-4-15(5-2)20-12(13(21-15)14(18)19-3)10-7-6-9(16)8-11(10)17/h6-8,12-13H,4-5H2,1-3H3/t12-,13-/m0/s1. The predicted octanol–water partition coefficient (Wildman–Crippen LogP) is 4.14. The molecule has 0 aliphatic carbocycles. The van der Waals surface area contributed by atoms with E-state index in [1.54, 1.807) is 18.2 Å². The average molecular weight is 333 g/mol. The molecule has 2 atom stereocenters. The van der Waals surface area contributed by atoms with Crippen molar-refractivity contribution in [3.8, 4) is 0 Å². The summed E-state index contributed by atoms with van der Waals surface area (Å²) in [7, 11) is 1.32. The average Bonchev–Trinajstić information content (AvgIpc) is 2.87. The molecule has 116 valence electrons. The molecule has 0 bridgehead atoms. The highest BCUT2D eigenvalue weighted by Gasteiger charge is 2.50. The number of rotatable bonds is 4. The monoisotopic (exact) mass is 332 g/mol. The lowest BCUT2D eigenvalue weighted by Crippen LogP contribution is -2.32. The van der Waals surface area contributed by atoms with Gasteiger partial charge in [-0.25, -0.2) is 4.79 Å². The molecular formula is C15H18Cl2O4. The zero-order valence-corrected chi connectivity index (χ0v) is 13.7. The minimum absolute atomic E-state index is 0.438. The van der Waals surface area contributed by atoms with Crippen LogP contribution in [0.25, 0.3) is 0 Å². The van der Waals surface area contributed by atoms with Gasteiger partial charge in [0.2, 0.25) is 0 Å². The molecule has 0 aromatic heterocycles. The number of hydrogen-bond donors (Lipinski definition) is 0. The molecule has 0 radical (unpaired) electrons. The number of benzene rings is 1. The quantitative estimate of drug-likeness (QED) is 0.777. The van der Waals surface area contributed by atoms with Crippen LogP contribution in [0.4, 0.5) is 0 Å². The highest BCUT2D eigenvalue weighted by molar-refractivity contribution is 6.35. The smallest absolute Gasteiger partial charge is 0.338 e. The summed E-state index contributed by atoms with van der Waals surface area (Å²) in [5.41, 5.74) is 0.667. The maximum absolute atomic E-state index is 12.0. The van der Waals surface area contributed by atoms with Gasteiger partial charge in [0.05, 0.1) is 7.11 Å². The Morgan fingerprint density at radius 2 is 1.95 bits per heavy atom. The molecule has 1 aliphatic heterocycles. The molecule has 1 heterocycles. The Kier molecular flexibility index (Phi) is 5.15. The Balaban J connectivity index is 2.40. The molecule has 1 aromatic rings. The molecular weight excluding hydrogens is 315 g/mol. The van der Waals surface area contributed by atoms with Gasteiger partial charge in [-0.1, -0.05) is 43.1 Å². The van der Waals surface area contributed by atoms with E-state index in [1.807, 2.05) is 13.8 Å². The fraction of sp³-hybridized carbons (Fsp3) is 0.533. The lowest BCUT2D eigenvalue weighted by atomic mass is 10.0. The molecule has 0 N–H and O–H groups in total. The van der Waals surface area contributed by atoms with Gasteiger partial charge in [0, 0.05) is 15.6 Å². The van der Waals surface area contributed by atoms with Gasteiger partial charge in [-0.2, -0.15) is 0 Å². The van der Waals surface area contributed by atoms with Crippen molar-refractivity contribution < 1.29 is 19.0 Å². The summed E-state index contributed by atoms with van der Waals surface area (Å²) in [6.45, 7) is 3.90. The first-order valence-electron chi connectivity index (χ1n) is 6.84. The van der Waals surface area contributed by atoms with E-state index in [0.29, 0.717) is 28.5 Å². The molecule has 1 saturated heterocycles. The van der Waals surface area contributed by atoms with Crippen LogP contribution >= 0.6 is 23.2 Å². The molecule has 4 nitrogen and oxygen atoms in total. The predicted molar refractivity (Wildman–Crippen MR) is 80.5 cm³/mol. The number of esters is 1. The van der Waals surface area contributed by atoms with Crippen LogP contribution in [0.5, 0.6) is 0 Å². The molecule has 0 spiro atoms. The number of hydrogen-bond acceptors (Lipinski definition) is 4. The van der Waals surface area contributed by atoms with Gasteiger partial charge in [0.25, 0.3) is 0 Å². The molecule has 1 fully saturated rings. The summed E-state index contributed by atoms with van der Waals surface area (Å²) in [5, 5.41) is 0.961. The van der Waals surface area contributed by atoms with Crippen molar-refractivity contribution in [1.82, 2.24) is 0 Å². The lowest BCUT2D eigenvalue weighted by Gasteiger charge is -2.25. The topological polar surface area (TPSA) is 44.8 Å². The van der Waals surface area contributed by atoms with Crippen LogP contribution in [0.3, 0.4) is 0 Å². The number of carbonyl (C=O) groups is 1. The van der Waals surface area contributed by atoms with Crippen molar-refractivity contribution in [2.75, 3.05) is 7.11 Å². The van der Waals surface area contributed by atoms with Gasteiger partial charge < -0.3 is 14.2 Å². The number of ether oxygens (including phenoxy) is 3. The molecule has 1 aromatic carbocycles. The van der Waals surface area contributed by atoms with E-state index in [2.05, 4.69) is 0 Å². The first-order chi connectivity index (χ1) is 9.96. The Morgan fingerprint density at radius 3 is 2.48 bits per heavy atom. The minimum atomic E-state index is -0.839. The van der Waals surface area contributed by atoms with E-state index >= 15 is 0 Å². The second-order valence-corrected chi connectivity index (χ2v) is 5.73. The molecule has 2 rings (SSSR count). The summed E-state index contributed by atoms with van der Waals surface area (Å²) in [4.78, 5) is 12.0. The number of carbonyl (C=O) groups excluding carboxylic acids is 1. The Morgan fingerprint density at radius 1 is 1.29 bits per heavy atom. The Hall–Kier alpha value is -0.810. The van der Waals surface area contributed by atoms with Crippen molar-refractivity contribution in [2.24, 2.45) is 0 Å². The van der Waals surface area contributed by atoms with Crippen LogP contribution in [0.1, 0.15) is 38.4 Å². The van der Waals surface area contributed by atoms with Crippen LogP contribution in [-0.2, 0) is 19.0 Å². The molecule has 6 heteroatoms. The molecule has 0 saturated carbocycles. The molecule has 0 amide bonds. The normalized spacial score (nSPS) is 24.0. The number of methoxy groups -OCH3 is 1. The van der Waals surface area contributed by atoms with Crippen molar-refractivity contribution in [3.05, 3.63) is 33.8 Å². The summed E-state index contributed by atoms with van der Waals surface area (Å²) >= 11 is 12.1. The van der Waals surface area contributed by atoms with Crippen LogP contribution < -0.4 is 0 Å². The highest BCUT2D eigenvalue weighted by Crippen LogP contribution is 2.44. The van der Waals surface area contributed by atoms with Crippen LogP contribution in [-0.4, -0.2) is 25.0 Å². The minimum Gasteiger partial charge on any atom is -0.467 e. The Bertz CT molecular complexity index is 528. The second-order valence-electron chi connectivity index (χ2n) is 4.88. The maximum Gasteiger partial charge on any atom is 0.338 e. The third-order valence-electron chi connectivity index (χ3n) is 3.74. The van der Waals surface area contributed by atoms with Gasteiger partial charge in [0.1, 0.15) is 6.10 Å². The molecule has 0 unspecified atom stereocenters. The van der Waals surface area contributed by atoms with Crippen molar-refractivity contribution in [1.29, 1.82) is 0 Å². The van der Waals surface area contributed by atoms with E-state index in [0.717, 1.165) is 0 Å². The third kappa shape index (κ3) is 3.19. The van der Waals surface area contributed by atoms with Crippen LogP contribution in [0, 0.1) is 0 Å². The van der Waals surface area contributed by atoms with Gasteiger partial charge in [-0.3, -0.25) is 0 Å². The lowest BCUT2D eigenvalue weighted by molar-refractivity contribution is -0.187. The fourth-order valence-corrected chi connectivity index (χ4v) is 2.96. The zero-order valence-electron chi connectivity index (χ0n) is 12.2. The largest absolute Gasteiger partial charge is 0.467 e. The molecule has 1 aliphatic rings. The van der Waals surface area contributed by atoms with Gasteiger partial charge in [0.15, 0.2) is 11.9 Å². The van der Waals surface area contributed by atoms with Crippen LogP contribution in [0.2, 0.25) is 10.0 Å². The first-order valence-corrected chi connectivity index (χ1v) is 7.60. The van der Waals surface area contributed by atoms with E-state index in [9.17, 15) is 4.79 Å². The Labute approximate surface area is 134 Å². The SMILES string of the molecule is CCC1(CC)O[C@H](C(=O)OC)[C@H](c2ccc(Cl)cc2Cl)O1. The van der Waals surface area contributed by atoms with Crippen molar-refractivity contribution >= 4 is 29.2 Å².